The molecule has 1 aliphatic heterocycles. The van der Waals surface area contributed by atoms with Crippen LogP contribution in [0.15, 0.2) is 11.8 Å². The molecule has 0 amide bonds. The summed E-state index contributed by atoms with van der Waals surface area (Å²) in [4.78, 5) is 0. The van der Waals surface area contributed by atoms with E-state index in [-0.39, 0.29) is 11.7 Å². The Morgan fingerprint density at radius 1 is 2.00 bits per heavy atom. The lowest BCUT2D eigenvalue weighted by Gasteiger charge is -1.90. The van der Waals surface area contributed by atoms with Crippen LogP contribution in [0, 0.1) is 0 Å². The molecule has 0 aromatic carbocycles. The van der Waals surface area contributed by atoms with Gasteiger partial charge in [0, 0.05) is 6.42 Å². The number of aliphatic hydroxyl groups is 1. The fourth-order valence-electron chi connectivity index (χ4n) is 1.18. The van der Waals surface area contributed by atoms with E-state index < -0.39 is 0 Å². The van der Waals surface area contributed by atoms with Crippen LogP contribution in [0.1, 0.15) is 13.3 Å². The van der Waals surface area contributed by atoms with Crippen molar-refractivity contribution in [2.24, 2.45) is 0 Å². The Hall–Kier alpha value is -0.500. The third-order valence-electron chi connectivity index (χ3n) is 1.87. The van der Waals surface area contributed by atoms with Crippen LogP contribution < -0.4 is 0 Å². The van der Waals surface area contributed by atoms with Crippen molar-refractivity contribution in [2.45, 2.75) is 25.0 Å². The minimum absolute atomic E-state index is 0.00984. The van der Waals surface area contributed by atoms with Crippen LogP contribution in [0.2, 0.25) is 0 Å². The largest absolute Gasteiger partial charge is 0.510 e. The summed E-state index contributed by atoms with van der Waals surface area (Å²) in [5.74, 6) is 0.424. The van der Waals surface area contributed by atoms with E-state index in [1.54, 1.807) is 0 Å². The molecule has 2 atom stereocenters. The zero-order valence-electron chi connectivity index (χ0n) is 4.72. The van der Waals surface area contributed by atoms with Gasteiger partial charge >= 0.3 is 0 Å². The van der Waals surface area contributed by atoms with E-state index in [0.717, 1.165) is 6.42 Å². The van der Waals surface area contributed by atoms with Crippen molar-refractivity contribution in [2.75, 3.05) is 0 Å². The molecule has 44 valence electrons. The second kappa shape index (κ2) is 0.935. The predicted molar refractivity (Wildman–Crippen MR) is 28.6 cm³/mol. The molecule has 8 heavy (non-hydrogen) atoms. The van der Waals surface area contributed by atoms with Crippen molar-refractivity contribution in [1.82, 2.24) is 0 Å². The fourth-order valence-corrected chi connectivity index (χ4v) is 1.18. The van der Waals surface area contributed by atoms with Gasteiger partial charge in [-0.3, -0.25) is 0 Å². The lowest BCUT2D eigenvalue weighted by Crippen LogP contribution is -2.01. The Balaban J connectivity index is 2.27. The molecule has 2 aliphatic rings. The van der Waals surface area contributed by atoms with Gasteiger partial charge in [-0.2, -0.15) is 0 Å². The number of hydrogen-bond acceptors (Lipinski definition) is 2. The molecule has 0 radical (unpaired) electrons. The third kappa shape index (κ3) is 0.325. The summed E-state index contributed by atoms with van der Waals surface area (Å²) in [6.45, 7) is 2.01. The van der Waals surface area contributed by atoms with Gasteiger partial charge in [0.05, 0.1) is 0 Å². The van der Waals surface area contributed by atoms with E-state index in [9.17, 15) is 0 Å². The highest BCUT2D eigenvalue weighted by Gasteiger charge is 2.57. The first kappa shape index (κ1) is 4.39. The maximum Gasteiger partial charge on any atom is 0.144 e. The van der Waals surface area contributed by atoms with Crippen molar-refractivity contribution < 1.29 is 9.84 Å². The van der Waals surface area contributed by atoms with E-state index in [1.165, 1.54) is 0 Å². The Labute approximate surface area is 47.8 Å². The van der Waals surface area contributed by atoms with Gasteiger partial charge in [-0.1, -0.05) is 0 Å². The van der Waals surface area contributed by atoms with Crippen LogP contribution in [0.3, 0.4) is 0 Å². The summed E-state index contributed by atoms with van der Waals surface area (Å²) in [5, 5.41) is 8.94. The molecule has 1 saturated heterocycles. The Bertz CT molecular complexity index is 162. The van der Waals surface area contributed by atoms with Gasteiger partial charge in [-0.25, -0.2) is 0 Å². The number of ether oxygens (including phenoxy) is 1. The van der Waals surface area contributed by atoms with Crippen LogP contribution in [0.4, 0.5) is 0 Å². The monoisotopic (exact) mass is 112 g/mol. The van der Waals surface area contributed by atoms with Crippen LogP contribution in [0.25, 0.3) is 0 Å². The van der Waals surface area contributed by atoms with Crippen molar-refractivity contribution >= 4 is 0 Å². The van der Waals surface area contributed by atoms with E-state index >= 15 is 0 Å². The molecule has 0 bridgehead atoms. The van der Waals surface area contributed by atoms with Crippen LogP contribution in [-0.2, 0) is 4.74 Å². The molecule has 0 aromatic rings. The Kier molecular flexibility index (Phi) is 0.513. The first-order chi connectivity index (χ1) is 3.72. The average Bonchev–Trinajstić information content (AvgIpc) is 2.32. The van der Waals surface area contributed by atoms with E-state index in [1.807, 2.05) is 13.0 Å². The topological polar surface area (TPSA) is 32.8 Å². The lowest BCUT2D eigenvalue weighted by atomic mass is 10.1. The molecule has 1 fully saturated rings. The molecular formula is C6H8O2. The van der Waals surface area contributed by atoms with Crippen molar-refractivity contribution in [3.63, 3.8) is 0 Å². The predicted octanol–water partition coefficient (Wildman–Crippen LogP) is 0.990. The zero-order valence-corrected chi connectivity index (χ0v) is 4.72. The standard InChI is InChI=1S/C6H8O2/c1-6-3-2-4(7)5(6)8-6/h2,5,7H,3H2,1H3. The molecule has 1 N–H and O–H groups in total. The molecule has 1 heterocycles. The van der Waals surface area contributed by atoms with Gasteiger partial charge in [0.1, 0.15) is 17.5 Å². The molecule has 0 saturated carbocycles. The van der Waals surface area contributed by atoms with Crippen LogP contribution in [0.5, 0.6) is 0 Å². The molecule has 0 spiro atoms. The molecule has 2 nitrogen and oxygen atoms in total. The first-order valence-electron chi connectivity index (χ1n) is 2.79. The first-order valence-corrected chi connectivity index (χ1v) is 2.79. The van der Waals surface area contributed by atoms with Gasteiger partial charge in [0.2, 0.25) is 0 Å². The van der Waals surface area contributed by atoms with Gasteiger partial charge in [0.15, 0.2) is 0 Å². The van der Waals surface area contributed by atoms with Crippen molar-refractivity contribution in [1.29, 1.82) is 0 Å². The fraction of sp³-hybridized carbons (Fsp3) is 0.667. The van der Waals surface area contributed by atoms with Crippen molar-refractivity contribution in [3.8, 4) is 0 Å². The molecule has 0 aromatic heterocycles. The minimum Gasteiger partial charge on any atom is -0.510 e. The van der Waals surface area contributed by atoms with Gasteiger partial charge in [0.25, 0.3) is 0 Å². The summed E-state index contributed by atoms with van der Waals surface area (Å²) in [6.07, 6.45) is 2.75. The highest BCUT2D eigenvalue weighted by molar-refractivity contribution is 5.25. The quantitative estimate of drug-likeness (QED) is 0.474. The highest BCUT2D eigenvalue weighted by Crippen LogP contribution is 2.48. The molecule has 1 aliphatic carbocycles. The SMILES string of the molecule is CC12CC=C(O)C1O2. The second-order valence-electron chi connectivity index (χ2n) is 2.64. The average molecular weight is 112 g/mol. The van der Waals surface area contributed by atoms with Crippen molar-refractivity contribution in [3.05, 3.63) is 11.8 Å². The van der Waals surface area contributed by atoms with Gasteiger partial charge in [-0.05, 0) is 13.0 Å². The smallest absolute Gasteiger partial charge is 0.144 e. The summed E-state index contributed by atoms with van der Waals surface area (Å²) < 4.78 is 5.13. The third-order valence-corrected chi connectivity index (χ3v) is 1.87. The van der Waals surface area contributed by atoms with Crippen LogP contribution >= 0.6 is 0 Å². The Morgan fingerprint density at radius 3 is 2.88 bits per heavy atom. The highest BCUT2D eigenvalue weighted by atomic mass is 16.6. The van der Waals surface area contributed by atoms with Gasteiger partial charge in [-0.15, -0.1) is 0 Å². The normalized spacial score (nSPS) is 50.6. The summed E-state index contributed by atoms with van der Waals surface area (Å²) in [6, 6.07) is 0. The maximum atomic E-state index is 8.94. The maximum absolute atomic E-state index is 8.94. The minimum atomic E-state index is -0.00984. The number of aliphatic hydroxyl groups excluding tert-OH is 1. The number of rotatable bonds is 0. The summed E-state index contributed by atoms with van der Waals surface area (Å²) in [5.41, 5.74) is -0.00984. The number of epoxide rings is 1. The van der Waals surface area contributed by atoms with E-state index in [4.69, 9.17) is 9.84 Å². The number of fused-ring (bicyclic) bond motifs is 1. The zero-order chi connectivity index (χ0) is 5.78. The van der Waals surface area contributed by atoms with E-state index in [0.29, 0.717) is 5.76 Å². The molecular weight excluding hydrogens is 104 g/mol. The van der Waals surface area contributed by atoms with Gasteiger partial charge < -0.3 is 9.84 Å². The second-order valence-corrected chi connectivity index (χ2v) is 2.64. The summed E-state index contributed by atoms with van der Waals surface area (Å²) in [7, 11) is 0. The lowest BCUT2D eigenvalue weighted by molar-refractivity contribution is 0.273. The van der Waals surface area contributed by atoms with Crippen LogP contribution in [-0.4, -0.2) is 16.8 Å². The Morgan fingerprint density at radius 2 is 2.75 bits per heavy atom. The van der Waals surface area contributed by atoms with E-state index in [2.05, 4.69) is 0 Å². The number of hydrogen-bond donors (Lipinski definition) is 1. The molecule has 2 heteroatoms. The summed E-state index contributed by atoms with van der Waals surface area (Å²) >= 11 is 0. The molecule has 2 unspecified atom stereocenters. The molecule has 2 rings (SSSR count).